The first-order chi connectivity index (χ1) is 27.3. The molecule has 7 heterocycles. The number of hydrogen-bond acceptors (Lipinski definition) is 11. The van der Waals surface area contributed by atoms with Crippen LogP contribution >= 0.6 is 0 Å². The summed E-state index contributed by atoms with van der Waals surface area (Å²) in [5.41, 5.74) is 4.52. The van der Waals surface area contributed by atoms with Gasteiger partial charge in [0.1, 0.15) is 6.04 Å². The molecule has 2 N–H and O–H groups in total. The summed E-state index contributed by atoms with van der Waals surface area (Å²) in [5.74, 6) is 0.406. The van der Waals surface area contributed by atoms with Crippen molar-refractivity contribution < 1.29 is 24.0 Å². The molecule has 4 unspecified atom stereocenters. The van der Waals surface area contributed by atoms with Crippen LogP contribution in [-0.2, 0) is 14.4 Å². The number of anilines is 3. The second kappa shape index (κ2) is 14.0. The van der Waals surface area contributed by atoms with Gasteiger partial charge in [0.05, 0.1) is 28.6 Å². The molecule has 5 amide bonds. The third-order valence-corrected chi connectivity index (χ3v) is 13.6. The van der Waals surface area contributed by atoms with Gasteiger partial charge in [-0.05, 0) is 74.6 Å². The topological polar surface area (TPSA) is 151 Å². The molecule has 5 fully saturated rings. The maximum atomic E-state index is 13.9. The number of nitrogens with zero attached hydrogens (tertiary/aromatic N) is 7. The van der Waals surface area contributed by atoms with Crippen molar-refractivity contribution in [1.82, 2.24) is 30.2 Å². The molecule has 2 aromatic carbocycles. The molecule has 56 heavy (non-hydrogen) atoms. The van der Waals surface area contributed by atoms with Gasteiger partial charge in [-0.2, -0.15) is 0 Å². The van der Waals surface area contributed by atoms with E-state index in [1.165, 1.54) is 0 Å². The highest BCUT2D eigenvalue weighted by Gasteiger charge is 2.46. The van der Waals surface area contributed by atoms with E-state index in [1.807, 2.05) is 30.3 Å². The summed E-state index contributed by atoms with van der Waals surface area (Å²) < 4.78 is 0. The monoisotopic (exact) mass is 757 g/mol. The van der Waals surface area contributed by atoms with Gasteiger partial charge in [-0.25, -0.2) is 0 Å². The number of piperidine rings is 2. The Morgan fingerprint density at radius 2 is 1.54 bits per heavy atom. The quantitative estimate of drug-likeness (QED) is 0.370. The molecular weight excluding hydrogens is 711 g/mol. The van der Waals surface area contributed by atoms with E-state index in [0.717, 1.165) is 111 Å². The number of aromatic nitrogens is 2. The van der Waals surface area contributed by atoms with Crippen LogP contribution < -0.4 is 20.4 Å². The fourth-order valence-corrected chi connectivity index (χ4v) is 10.6. The molecule has 0 bridgehead atoms. The first kappa shape index (κ1) is 35.1. The van der Waals surface area contributed by atoms with E-state index in [-0.39, 0.29) is 30.7 Å². The number of benzene rings is 2. The number of imide groups is 2. The van der Waals surface area contributed by atoms with Crippen molar-refractivity contribution in [1.29, 1.82) is 0 Å². The number of carbonyl (C=O) groups excluding carboxylic acids is 5. The fourth-order valence-electron chi connectivity index (χ4n) is 10.6. The summed E-state index contributed by atoms with van der Waals surface area (Å²) >= 11 is 0. The van der Waals surface area contributed by atoms with Crippen LogP contribution in [-0.4, -0.2) is 125 Å². The van der Waals surface area contributed by atoms with Crippen molar-refractivity contribution in [2.45, 2.75) is 63.1 Å². The van der Waals surface area contributed by atoms with E-state index in [2.05, 4.69) is 58.6 Å². The van der Waals surface area contributed by atoms with Gasteiger partial charge in [0.15, 0.2) is 5.82 Å². The molecule has 6 aliphatic heterocycles. The summed E-state index contributed by atoms with van der Waals surface area (Å²) in [7, 11) is 0. The van der Waals surface area contributed by atoms with E-state index in [9.17, 15) is 24.0 Å². The van der Waals surface area contributed by atoms with E-state index < -0.39 is 23.8 Å². The third-order valence-electron chi connectivity index (χ3n) is 13.6. The lowest BCUT2D eigenvalue weighted by Gasteiger charge is -2.46. The Kier molecular flexibility index (Phi) is 8.76. The number of amides is 5. The minimum Gasteiger partial charge on any atom is -0.371 e. The Hall–Kier alpha value is -5.37. The predicted octanol–water partition coefficient (Wildman–Crippen LogP) is 3.00. The van der Waals surface area contributed by atoms with Crippen LogP contribution in [0.15, 0.2) is 54.6 Å². The molecular formula is C42H47N9O5. The maximum absolute atomic E-state index is 13.9. The molecule has 0 radical (unpaired) electrons. The maximum Gasteiger partial charge on any atom is 0.262 e. The number of rotatable bonds is 5. The minimum absolute atomic E-state index is 0.0814. The Labute approximate surface area is 325 Å². The zero-order valence-corrected chi connectivity index (χ0v) is 31.4. The number of fused-ring (bicyclic) bond motifs is 5. The predicted molar refractivity (Wildman–Crippen MR) is 208 cm³/mol. The molecule has 1 aromatic heterocycles. The molecule has 14 nitrogen and oxygen atoms in total. The van der Waals surface area contributed by atoms with Crippen molar-refractivity contribution in [3.05, 3.63) is 65.7 Å². The molecule has 1 saturated carbocycles. The van der Waals surface area contributed by atoms with Gasteiger partial charge in [0, 0.05) is 82.0 Å². The van der Waals surface area contributed by atoms with Crippen LogP contribution in [0.2, 0.25) is 0 Å². The van der Waals surface area contributed by atoms with Gasteiger partial charge in [-0.3, -0.25) is 39.1 Å². The van der Waals surface area contributed by atoms with Crippen molar-refractivity contribution >= 4 is 46.7 Å². The van der Waals surface area contributed by atoms with Crippen LogP contribution in [0.25, 0.3) is 11.3 Å². The molecule has 14 heteroatoms. The first-order valence-corrected chi connectivity index (χ1v) is 20.4. The van der Waals surface area contributed by atoms with Crippen LogP contribution in [0.4, 0.5) is 17.2 Å². The summed E-state index contributed by atoms with van der Waals surface area (Å²) in [5, 5.41) is 14.7. The number of likely N-dealkylation sites (tertiary alicyclic amines) is 1. The molecule has 4 saturated heterocycles. The van der Waals surface area contributed by atoms with E-state index in [0.29, 0.717) is 41.5 Å². The molecule has 1 aliphatic carbocycles. The van der Waals surface area contributed by atoms with Gasteiger partial charge < -0.3 is 20.0 Å². The Balaban J connectivity index is 0.726. The lowest BCUT2D eigenvalue weighted by atomic mass is 9.84. The Morgan fingerprint density at radius 3 is 2.36 bits per heavy atom. The van der Waals surface area contributed by atoms with Crippen molar-refractivity contribution in [3.8, 4) is 11.3 Å². The SMILES string of the molecule is O=C1CCC(N2C(=O)c3ccc(N4CCC5CN(C6CCC(C(=O)N7CCN8c9cc(-c%10ccccc%10)nnc9NCC8C7)CC6)CC5C4)cc3C2=O)C(=O)N1. The summed E-state index contributed by atoms with van der Waals surface area (Å²) in [6.07, 6.45) is 5.26. The molecule has 4 atom stereocenters. The van der Waals surface area contributed by atoms with Gasteiger partial charge in [-0.15, -0.1) is 10.2 Å². The van der Waals surface area contributed by atoms with Crippen molar-refractivity contribution in [2.75, 3.05) is 67.5 Å². The smallest absolute Gasteiger partial charge is 0.262 e. The van der Waals surface area contributed by atoms with Gasteiger partial charge in [0.2, 0.25) is 17.7 Å². The first-order valence-electron chi connectivity index (χ1n) is 20.4. The van der Waals surface area contributed by atoms with Crippen LogP contribution in [0, 0.1) is 17.8 Å². The highest BCUT2D eigenvalue weighted by Crippen LogP contribution is 2.40. The van der Waals surface area contributed by atoms with Crippen molar-refractivity contribution in [3.63, 3.8) is 0 Å². The number of hydrogen-bond donors (Lipinski definition) is 2. The van der Waals surface area contributed by atoms with E-state index in [4.69, 9.17) is 0 Å². The largest absolute Gasteiger partial charge is 0.371 e. The summed E-state index contributed by atoms with van der Waals surface area (Å²) in [6, 6.07) is 17.4. The molecule has 7 aliphatic rings. The number of carbonyl (C=O) groups is 5. The second-order valence-electron chi connectivity index (χ2n) is 16.7. The number of piperazine rings is 1. The van der Waals surface area contributed by atoms with Crippen LogP contribution in [0.3, 0.4) is 0 Å². The van der Waals surface area contributed by atoms with E-state index >= 15 is 0 Å². The van der Waals surface area contributed by atoms with Gasteiger partial charge in [-0.1, -0.05) is 30.3 Å². The number of nitrogens with one attached hydrogen (secondary N) is 2. The Morgan fingerprint density at radius 1 is 0.732 bits per heavy atom. The minimum atomic E-state index is -0.966. The van der Waals surface area contributed by atoms with Crippen LogP contribution in [0.1, 0.15) is 65.7 Å². The van der Waals surface area contributed by atoms with E-state index in [1.54, 1.807) is 6.07 Å². The molecule has 3 aromatic rings. The summed E-state index contributed by atoms with van der Waals surface area (Å²) in [4.78, 5) is 75.3. The highest BCUT2D eigenvalue weighted by atomic mass is 16.2. The Bertz CT molecular complexity index is 2100. The van der Waals surface area contributed by atoms with Gasteiger partial charge in [0.25, 0.3) is 11.8 Å². The summed E-state index contributed by atoms with van der Waals surface area (Å²) in [6.45, 7) is 6.85. The third kappa shape index (κ3) is 6.09. The average molecular weight is 758 g/mol. The zero-order chi connectivity index (χ0) is 38.1. The standard InChI is InChI=1S/C42H47N9O5/c52-37-13-12-35(39(53)44-37)51-41(55)32-11-10-30(18-33(32)42(51)56)47-15-14-27-21-49(23-28(27)22-47)29-8-6-26(7-9-29)40(54)48-16-17-50-31(24-48)20-43-38-36(50)19-34(45-46-38)25-4-2-1-3-5-25/h1-5,10-11,18-19,26-29,31,35H,6-9,12-17,20-24H2,(H,43,46)(H,44,52,53). The second-order valence-corrected chi connectivity index (χ2v) is 16.7. The highest BCUT2D eigenvalue weighted by molar-refractivity contribution is 6.23. The zero-order valence-electron chi connectivity index (χ0n) is 31.4. The lowest BCUT2D eigenvalue weighted by Crippen LogP contribution is -2.60. The van der Waals surface area contributed by atoms with Crippen molar-refractivity contribution in [2.24, 2.45) is 17.8 Å². The molecule has 10 rings (SSSR count). The van der Waals surface area contributed by atoms with Gasteiger partial charge >= 0.3 is 0 Å². The molecule has 0 spiro atoms. The average Bonchev–Trinajstić information content (AvgIpc) is 3.77. The normalized spacial score (nSPS) is 29.0. The van der Waals surface area contributed by atoms with Crippen LogP contribution in [0.5, 0.6) is 0 Å². The fraction of sp³-hybridized carbons (Fsp3) is 0.500. The molecule has 290 valence electrons. The lowest BCUT2D eigenvalue weighted by molar-refractivity contribution is -0.138.